The maximum absolute atomic E-state index is 13.3. The minimum atomic E-state index is -4.01. The normalized spacial score (nSPS) is 38.3. The number of aliphatic hydroxyl groups is 1. The molecule has 1 N–H and O–H groups in total. The van der Waals surface area contributed by atoms with Crippen molar-refractivity contribution < 1.29 is 67.6 Å². The summed E-state index contributed by atoms with van der Waals surface area (Å²) in [5.74, 6) is -1.02. The van der Waals surface area contributed by atoms with Crippen LogP contribution in [0.1, 0.15) is 38.5 Å². The molecule has 4 saturated carbocycles. The number of ether oxygens (including phenoxy) is 1. The molecule has 6 nitrogen and oxygen atoms in total. The van der Waals surface area contributed by atoms with E-state index in [1.807, 2.05) is 0 Å². The van der Waals surface area contributed by atoms with E-state index in [4.69, 9.17) is 4.74 Å². The molecular weight excluding hydrogens is 345 g/mol. The van der Waals surface area contributed by atoms with Gasteiger partial charge in [0.1, 0.15) is 12.0 Å². The van der Waals surface area contributed by atoms with Crippen LogP contribution in [0, 0.1) is 17.3 Å². The van der Waals surface area contributed by atoms with Gasteiger partial charge in [-0.15, -0.1) is 0 Å². The van der Waals surface area contributed by atoms with Crippen molar-refractivity contribution in [1.29, 1.82) is 0 Å². The van der Waals surface area contributed by atoms with Crippen LogP contribution in [0.4, 0.5) is 8.78 Å². The van der Waals surface area contributed by atoms with Gasteiger partial charge in [0, 0.05) is 5.41 Å². The van der Waals surface area contributed by atoms with Crippen molar-refractivity contribution in [3.8, 4) is 0 Å². The van der Waals surface area contributed by atoms with Crippen LogP contribution in [-0.4, -0.2) is 28.5 Å². The number of carbonyl (C=O) groups is 1. The van der Waals surface area contributed by atoms with Gasteiger partial charge in [0.15, 0.2) is 0 Å². The Hall–Kier alpha value is 0.520. The van der Waals surface area contributed by atoms with Gasteiger partial charge in [0.2, 0.25) is 0 Å². The molecule has 23 heavy (non-hydrogen) atoms. The Balaban J connectivity index is 0.00000192. The Bertz CT molecular complexity index is 452. The van der Waals surface area contributed by atoms with Crippen molar-refractivity contribution in [3.05, 3.63) is 0 Å². The summed E-state index contributed by atoms with van der Waals surface area (Å²) in [7, 11) is 0. The van der Waals surface area contributed by atoms with E-state index in [0.29, 0.717) is 18.3 Å². The van der Waals surface area contributed by atoms with Gasteiger partial charge in [0.05, 0.1) is 12.2 Å². The van der Waals surface area contributed by atoms with Crippen LogP contribution < -0.4 is 34.8 Å². The maximum Gasteiger partial charge on any atom is 1.00 e. The Morgan fingerprint density at radius 3 is 2.43 bits per heavy atom. The monoisotopic (exact) mass is 362 g/mol. The van der Waals surface area contributed by atoms with Crippen LogP contribution in [0.2, 0.25) is 0 Å². The smallest absolute Gasteiger partial charge is 0.691 e. The van der Waals surface area contributed by atoms with E-state index in [9.17, 15) is 23.9 Å². The van der Waals surface area contributed by atoms with Crippen molar-refractivity contribution in [2.75, 3.05) is 6.61 Å². The van der Waals surface area contributed by atoms with Gasteiger partial charge in [-0.1, -0.05) is 0 Å². The molecule has 126 valence electrons. The first-order valence-electron chi connectivity index (χ1n) is 7.18. The molecule has 0 spiro atoms. The number of carbonyl (C=O) groups excluding carboxylic acids is 1. The zero-order valence-electron chi connectivity index (χ0n) is 12.8. The summed E-state index contributed by atoms with van der Waals surface area (Å²) in [6, 6.07) is 0. The van der Waals surface area contributed by atoms with Crippen LogP contribution >= 0.6 is 12.0 Å². The van der Waals surface area contributed by atoms with Crippen LogP contribution in [0.25, 0.3) is 0 Å². The Morgan fingerprint density at radius 2 is 1.91 bits per heavy atom. The van der Waals surface area contributed by atoms with E-state index < -0.39 is 34.3 Å². The van der Waals surface area contributed by atoms with Crippen molar-refractivity contribution in [3.63, 3.8) is 0 Å². The van der Waals surface area contributed by atoms with Crippen molar-refractivity contribution in [1.82, 2.24) is 0 Å². The summed E-state index contributed by atoms with van der Waals surface area (Å²) < 4.78 is 34.9. The van der Waals surface area contributed by atoms with Gasteiger partial charge in [0.25, 0.3) is 0 Å². The molecule has 0 aromatic heterocycles. The van der Waals surface area contributed by atoms with Gasteiger partial charge in [-0.05, 0) is 50.4 Å². The van der Waals surface area contributed by atoms with E-state index in [1.54, 1.807) is 0 Å². The molecule has 0 radical (unpaired) electrons. The molecule has 0 aromatic carbocycles. The summed E-state index contributed by atoms with van der Waals surface area (Å²) in [5, 5.41) is 18.9. The van der Waals surface area contributed by atoms with Crippen molar-refractivity contribution in [2.24, 2.45) is 17.3 Å². The van der Waals surface area contributed by atoms with Gasteiger partial charge in [-0.3, -0.25) is 5.04 Å². The van der Waals surface area contributed by atoms with Gasteiger partial charge in [-0.2, -0.15) is 13.1 Å². The van der Waals surface area contributed by atoms with Gasteiger partial charge in [-0.25, -0.2) is 4.79 Å². The Morgan fingerprint density at radius 1 is 1.30 bits per heavy atom. The average molecular weight is 362 g/mol. The van der Waals surface area contributed by atoms with Crippen LogP contribution in [-0.2, 0) is 18.9 Å². The van der Waals surface area contributed by atoms with Crippen LogP contribution in [0.3, 0.4) is 0 Å². The second kappa shape index (κ2) is 7.03. The third-order valence-corrected chi connectivity index (χ3v) is 5.56. The number of alkyl halides is 2. The minimum absolute atomic E-state index is 0. The topological polar surface area (TPSA) is 88.1 Å². The van der Waals surface area contributed by atoms with Crippen molar-refractivity contribution in [2.45, 2.75) is 49.4 Å². The molecule has 0 saturated heterocycles. The molecule has 2 unspecified atom stereocenters. The molecule has 10 heteroatoms. The standard InChI is InChI=1S/C13H18F2O6S.Na/c14-13(15,22-21-20-18)10(16)19-7-11-2-8-1-9(3-11)5-12(17,4-8)6-11;/h8-9,17-18H,1-7H2;/q;+1/p-1. The summed E-state index contributed by atoms with van der Waals surface area (Å²) in [4.78, 5) is 11.5. The molecule has 2 atom stereocenters. The largest absolute Gasteiger partial charge is 1.00 e. The number of hydrogen-bond donors (Lipinski definition) is 1. The van der Waals surface area contributed by atoms with E-state index >= 15 is 0 Å². The van der Waals surface area contributed by atoms with Gasteiger partial charge >= 0.3 is 40.8 Å². The number of esters is 1. The molecule has 0 aromatic rings. The number of hydrogen-bond acceptors (Lipinski definition) is 7. The second-order valence-corrected chi connectivity index (χ2v) is 7.81. The van der Waals surface area contributed by atoms with E-state index in [1.165, 1.54) is 0 Å². The fraction of sp³-hybridized carbons (Fsp3) is 0.923. The molecule has 4 bridgehead atoms. The minimum Gasteiger partial charge on any atom is -0.691 e. The van der Waals surface area contributed by atoms with E-state index in [-0.39, 0.29) is 36.2 Å². The van der Waals surface area contributed by atoms with Gasteiger partial charge < -0.3 is 15.1 Å². The molecular formula is C13H17F2NaO6S. The molecule has 4 rings (SSSR count). The third kappa shape index (κ3) is 4.20. The first-order chi connectivity index (χ1) is 10.3. The number of halogens is 2. The second-order valence-electron chi connectivity index (χ2n) is 7.00. The quantitative estimate of drug-likeness (QED) is 0.199. The Labute approximate surface area is 158 Å². The third-order valence-electron chi connectivity index (χ3n) is 5.06. The van der Waals surface area contributed by atoms with Crippen LogP contribution in [0.15, 0.2) is 0 Å². The predicted octanol–water partition coefficient (Wildman–Crippen LogP) is -1.67. The van der Waals surface area contributed by atoms with Crippen LogP contribution in [0.5, 0.6) is 0 Å². The zero-order valence-corrected chi connectivity index (χ0v) is 15.6. The molecule has 4 fully saturated rings. The number of rotatable bonds is 6. The molecule has 0 heterocycles. The first-order valence-corrected chi connectivity index (χ1v) is 7.92. The average Bonchev–Trinajstić information content (AvgIpc) is 2.40. The maximum atomic E-state index is 13.3. The Kier molecular flexibility index (Phi) is 6.06. The molecule has 0 amide bonds. The summed E-state index contributed by atoms with van der Waals surface area (Å²) >= 11 is -0.689. The van der Waals surface area contributed by atoms with Crippen molar-refractivity contribution >= 4 is 18.0 Å². The SMILES string of the molecule is O=C(OCC12CC3CC(CC(O)(C3)C1)C2)C(F)(F)SOO[O-].[Na+]. The molecule has 4 aliphatic carbocycles. The zero-order chi connectivity index (χ0) is 16.0. The summed E-state index contributed by atoms with van der Waals surface area (Å²) in [6.45, 7) is -0.143. The first kappa shape index (κ1) is 19.8. The molecule has 4 aliphatic rings. The molecule has 0 aliphatic heterocycles. The fourth-order valence-corrected chi connectivity index (χ4v) is 5.20. The fourth-order valence-electron chi connectivity index (χ4n) is 4.96. The predicted molar refractivity (Wildman–Crippen MR) is 67.7 cm³/mol. The summed E-state index contributed by atoms with van der Waals surface area (Å²) in [6.07, 6.45) is 4.62. The van der Waals surface area contributed by atoms with E-state index in [2.05, 4.69) is 9.37 Å². The van der Waals surface area contributed by atoms with E-state index in [0.717, 1.165) is 32.1 Å². The summed E-state index contributed by atoms with van der Waals surface area (Å²) in [5.41, 5.74) is -1.15.